The fraction of sp³-hybridized carbons (Fsp3) is 0.625. The minimum atomic E-state index is -1.06. The first-order valence-electron chi connectivity index (χ1n) is 7.19. The highest BCUT2D eigenvalue weighted by molar-refractivity contribution is 5.22. The molecule has 0 amide bonds. The van der Waals surface area contributed by atoms with Crippen LogP contribution < -0.4 is 5.32 Å². The molecule has 0 radical (unpaired) electrons. The summed E-state index contributed by atoms with van der Waals surface area (Å²) in [6.07, 6.45) is -0.0838. The van der Waals surface area contributed by atoms with Crippen molar-refractivity contribution in [2.75, 3.05) is 6.54 Å². The van der Waals surface area contributed by atoms with Crippen molar-refractivity contribution in [3.05, 3.63) is 35.4 Å². The maximum Gasteiger partial charge on any atom is 0.129 e. The lowest BCUT2D eigenvalue weighted by Crippen LogP contribution is -2.40. The highest BCUT2D eigenvalue weighted by Crippen LogP contribution is 2.25. The number of aliphatic hydroxyl groups is 1. The summed E-state index contributed by atoms with van der Waals surface area (Å²) in [5, 5.41) is 13.6. The number of aliphatic hydroxyl groups excluding tert-OH is 1. The van der Waals surface area contributed by atoms with E-state index in [1.54, 1.807) is 0 Å². The topological polar surface area (TPSA) is 32.3 Å². The van der Waals surface area contributed by atoms with E-state index in [-0.39, 0.29) is 17.5 Å². The second kappa shape index (κ2) is 7.70. The standard InChI is InChI=1S/C16H25F2NO/c1-10(2)7-8-19-15(11(3)4)16(20)13-9-12(17)5-6-14(13)18/h5-6,9-11,15-16,19-20H,7-8H2,1-4H3. The largest absolute Gasteiger partial charge is 0.387 e. The lowest BCUT2D eigenvalue weighted by molar-refractivity contribution is 0.101. The Bertz CT molecular complexity index is 421. The van der Waals surface area contributed by atoms with E-state index in [1.165, 1.54) is 0 Å². The van der Waals surface area contributed by atoms with E-state index >= 15 is 0 Å². The van der Waals surface area contributed by atoms with E-state index in [0.29, 0.717) is 5.92 Å². The number of benzene rings is 1. The second-order valence-electron chi connectivity index (χ2n) is 6.02. The van der Waals surface area contributed by atoms with E-state index in [4.69, 9.17) is 0 Å². The zero-order valence-electron chi connectivity index (χ0n) is 12.7. The molecule has 1 rings (SSSR count). The van der Waals surface area contributed by atoms with Crippen LogP contribution in [0.25, 0.3) is 0 Å². The summed E-state index contributed by atoms with van der Waals surface area (Å²) in [6, 6.07) is 2.88. The minimum absolute atomic E-state index is 0.0146. The van der Waals surface area contributed by atoms with Crippen molar-refractivity contribution in [2.24, 2.45) is 11.8 Å². The predicted molar refractivity (Wildman–Crippen MR) is 77.4 cm³/mol. The van der Waals surface area contributed by atoms with Crippen LogP contribution in [-0.2, 0) is 0 Å². The van der Waals surface area contributed by atoms with Gasteiger partial charge >= 0.3 is 0 Å². The van der Waals surface area contributed by atoms with E-state index in [2.05, 4.69) is 19.2 Å². The van der Waals surface area contributed by atoms with Gasteiger partial charge in [0.1, 0.15) is 11.6 Å². The van der Waals surface area contributed by atoms with Crippen molar-refractivity contribution in [3.63, 3.8) is 0 Å². The molecule has 1 aromatic carbocycles. The zero-order valence-corrected chi connectivity index (χ0v) is 12.7. The highest BCUT2D eigenvalue weighted by Gasteiger charge is 2.26. The molecule has 0 heterocycles. The summed E-state index contributed by atoms with van der Waals surface area (Å²) in [5.74, 6) is -0.446. The first-order chi connectivity index (χ1) is 9.32. The fourth-order valence-electron chi connectivity index (χ4n) is 2.19. The van der Waals surface area contributed by atoms with Gasteiger partial charge in [-0.25, -0.2) is 8.78 Å². The average Bonchev–Trinajstić information content (AvgIpc) is 2.36. The van der Waals surface area contributed by atoms with Gasteiger partial charge in [-0.2, -0.15) is 0 Å². The Morgan fingerprint density at radius 1 is 1.15 bits per heavy atom. The van der Waals surface area contributed by atoms with Crippen LogP contribution in [0.5, 0.6) is 0 Å². The summed E-state index contributed by atoms with van der Waals surface area (Å²) in [7, 11) is 0. The molecule has 0 aromatic heterocycles. The maximum atomic E-state index is 13.7. The van der Waals surface area contributed by atoms with Crippen molar-refractivity contribution >= 4 is 0 Å². The molecule has 0 aliphatic rings. The number of hydrogen-bond donors (Lipinski definition) is 2. The normalized spacial score (nSPS) is 14.8. The van der Waals surface area contributed by atoms with Crippen molar-refractivity contribution in [2.45, 2.75) is 46.3 Å². The smallest absolute Gasteiger partial charge is 0.129 e. The molecule has 20 heavy (non-hydrogen) atoms. The fourth-order valence-corrected chi connectivity index (χ4v) is 2.19. The van der Waals surface area contributed by atoms with Gasteiger partial charge in [-0.05, 0) is 43.0 Å². The Morgan fingerprint density at radius 3 is 2.35 bits per heavy atom. The molecule has 1 aromatic rings. The summed E-state index contributed by atoms with van der Waals surface area (Å²) in [6.45, 7) is 8.89. The first-order valence-corrected chi connectivity index (χ1v) is 7.19. The number of hydrogen-bond acceptors (Lipinski definition) is 2. The predicted octanol–water partition coefficient (Wildman–Crippen LogP) is 3.66. The molecule has 0 aliphatic carbocycles. The van der Waals surface area contributed by atoms with Crippen LogP contribution in [0.15, 0.2) is 18.2 Å². The zero-order chi connectivity index (χ0) is 15.3. The molecule has 0 saturated heterocycles. The molecule has 0 saturated carbocycles. The van der Waals surface area contributed by atoms with Gasteiger partial charge in [0.05, 0.1) is 6.10 Å². The van der Waals surface area contributed by atoms with Crippen LogP contribution in [0.3, 0.4) is 0 Å². The van der Waals surface area contributed by atoms with E-state index < -0.39 is 17.7 Å². The molecule has 0 aliphatic heterocycles. The average molecular weight is 285 g/mol. The Kier molecular flexibility index (Phi) is 6.56. The number of rotatable bonds is 7. The Hall–Kier alpha value is -1.00. The third-order valence-electron chi connectivity index (χ3n) is 3.44. The third kappa shape index (κ3) is 4.84. The quantitative estimate of drug-likeness (QED) is 0.801. The summed E-state index contributed by atoms with van der Waals surface area (Å²) in [5.41, 5.74) is 0.0146. The third-order valence-corrected chi connectivity index (χ3v) is 3.44. The lowest BCUT2D eigenvalue weighted by Gasteiger charge is -2.28. The van der Waals surface area contributed by atoms with Gasteiger partial charge in [0, 0.05) is 11.6 Å². The second-order valence-corrected chi connectivity index (χ2v) is 6.02. The van der Waals surface area contributed by atoms with Gasteiger partial charge in [-0.3, -0.25) is 0 Å². The van der Waals surface area contributed by atoms with Crippen molar-refractivity contribution in [1.82, 2.24) is 5.32 Å². The van der Waals surface area contributed by atoms with Crippen LogP contribution >= 0.6 is 0 Å². The van der Waals surface area contributed by atoms with Crippen molar-refractivity contribution < 1.29 is 13.9 Å². The minimum Gasteiger partial charge on any atom is -0.387 e. The Morgan fingerprint density at radius 2 is 1.80 bits per heavy atom. The molecule has 2 nitrogen and oxygen atoms in total. The molecule has 0 fully saturated rings. The van der Waals surface area contributed by atoms with Gasteiger partial charge in [0.25, 0.3) is 0 Å². The first kappa shape index (κ1) is 17.1. The van der Waals surface area contributed by atoms with Crippen LogP contribution in [0.1, 0.15) is 45.8 Å². The number of nitrogens with one attached hydrogen (secondary N) is 1. The molecule has 2 atom stereocenters. The van der Waals surface area contributed by atoms with E-state index in [0.717, 1.165) is 31.2 Å². The van der Waals surface area contributed by atoms with Crippen molar-refractivity contribution in [1.29, 1.82) is 0 Å². The van der Waals surface area contributed by atoms with Gasteiger partial charge in [-0.1, -0.05) is 27.7 Å². The van der Waals surface area contributed by atoms with Gasteiger partial charge < -0.3 is 10.4 Å². The highest BCUT2D eigenvalue weighted by atomic mass is 19.1. The summed E-state index contributed by atoms with van der Waals surface area (Å²) in [4.78, 5) is 0. The molecule has 114 valence electrons. The molecule has 0 bridgehead atoms. The van der Waals surface area contributed by atoms with Gasteiger partial charge in [-0.15, -0.1) is 0 Å². The molecule has 4 heteroatoms. The summed E-state index contributed by atoms with van der Waals surface area (Å²) >= 11 is 0. The molecule has 2 unspecified atom stereocenters. The van der Waals surface area contributed by atoms with Crippen molar-refractivity contribution in [3.8, 4) is 0 Å². The Labute approximate surface area is 120 Å². The van der Waals surface area contributed by atoms with Crippen LogP contribution in [0.2, 0.25) is 0 Å². The molecule has 0 spiro atoms. The summed E-state index contributed by atoms with van der Waals surface area (Å²) < 4.78 is 27.0. The maximum absolute atomic E-state index is 13.7. The SMILES string of the molecule is CC(C)CCNC(C(C)C)C(O)c1cc(F)ccc1F. The number of halogens is 2. The monoisotopic (exact) mass is 285 g/mol. The molecule has 2 N–H and O–H groups in total. The van der Waals surface area contributed by atoms with Crippen LogP contribution in [0.4, 0.5) is 8.78 Å². The lowest BCUT2D eigenvalue weighted by atomic mass is 9.92. The van der Waals surface area contributed by atoms with Crippen LogP contribution in [0, 0.1) is 23.5 Å². The van der Waals surface area contributed by atoms with Crippen LogP contribution in [-0.4, -0.2) is 17.7 Å². The van der Waals surface area contributed by atoms with Gasteiger partial charge in [0.2, 0.25) is 0 Å². The van der Waals surface area contributed by atoms with E-state index in [1.807, 2.05) is 13.8 Å². The Balaban J connectivity index is 2.82. The molecular formula is C16H25F2NO. The van der Waals surface area contributed by atoms with E-state index in [9.17, 15) is 13.9 Å². The molecular weight excluding hydrogens is 260 g/mol. The van der Waals surface area contributed by atoms with Gasteiger partial charge in [0.15, 0.2) is 0 Å².